The topological polar surface area (TPSA) is 24.9 Å². The van der Waals surface area contributed by atoms with Crippen LogP contribution in [0, 0.1) is 0 Å². The molecule has 0 amide bonds. The Labute approximate surface area is 127 Å². The molecule has 3 rings (SSSR count). The standard InChI is InChI=1S/C16H12Cl2N2/c17-12-7-13(18)9-14(8-12)20-10-11-5-6-19-16-4-2-1-3-15(11)16/h1-9,20H,10H2. The van der Waals surface area contributed by atoms with Gasteiger partial charge in [-0.3, -0.25) is 4.98 Å². The van der Waals surface area contributed by atoms with Gasteiger partial charge in [-0.1, -0.05) is 41.4 Å². The minimum Gasteiger partial charge on any atom is -0.381 e. The Balaban J connectivity index is 1.87. The van der Waals surface area contributed by atoms with E-state index in [0.717, 1.165) is 16.6 Å². The molecule has 0 radical (unpaired) electrons. The van der Waals surface area contributed by atoms with Crippen molar-refractivity contribution in [1.29, 1.82) is 0 Å². The average molecular weight is 303 g/mol. The SMILES string of the molecule is Clc1cc(Cl)cc(NCc2ccnc3ccccc23)c1. The van der Waals surface area contributed by atoms with E-state index in [2.05, 4.69) is 16.4 Å². The van der Waals surface area contributed by atoms with E-state index in [9.17, 15) is 0 Å². The highest BCUT2D eigenvalue weighted by molar-refractivity contribution is 6.35. The predicted octanol–water partition coefficient (Wildman–Crippen LogP) is 5.15. The molecule has 1 heterocycles. The van der Waals surface area contributed by atoms with E-state index in [1.165, 1.54) is 5.56 Å². The zero-order chi connectivity index (χ0) is 13.9. The fourth-order valence-electron chi connectivity index (χ4n) is 2.16. The summed E-state index contributed by atoms with van der Waals surface area (Å²) >= 11 is 12.0. The van der Waals surface area contributed by atoms with Crippen molar-refractivity contribution in [2.24, 2.45) is 0 Å². The fourth-order valence-corrected chi connectivity index (χ4v) is 2.69. The van der Waals surface area contributed by atoms with Crippen molar-refractivity contribution in [2.45, 2.75) is 6.54 Å². The van der Waals surface area contributed by atoms with Gasteiger partial charge in [0.1, 0.15) is 0 Å². The number of hydrogen-bond acceptors (Lipinski definition) is 2. The lowest BCUT2D eigenvalue weighted by atomic mass is 10.1. The maximum Gasteiger partial charge on any atom is 0.0705 e. The van der Waals surface area contributed by atoms with E-state index >= 15 is 0 Å². The number of anilines is 1. The molecule has 1 aromatic heterocycles. The maximum atomic E-state index is 5.99. The highest BCUT2D eigenvalue weighted by Gasteiger charge is 2.02. The number of aromatic nitrogens is 1. The number of rotatable bonds is 3. The lowest BCUT2D eigenvalue weighted by Crippen LogP contribution is -2.00. The van der Waals surface area contributed by atoms with Gasteiger partial charge in [0.15, 0.2) is 0 Å². The predicted molar refractivity (Wildman–Crippen MR) is 85.5 cm³/mol. The average Bonchev–Trinajstić information content (AvgIpc) is 2.44. The summed E-state index contributed by atoms with van der Waals surface area (Å²) in [6, 6.07) is 15.5. The number of nitrogens with one attached hydrogen (secondary N) is 1. The lowest BCUT2D eigenvalue weighted by Gasteiger charge is -2.09. The quantitative estimate of drug-likeness (QED) is 0.723. The summed E-state index contributed by atoms with van der Waals surface area (Å²) in [4.78, 5) is 4.36. The molecule has 3 aromatic rings. The van der Waals surface area contributed by atoms with Crippen LogP contribution in [0.1, 0.15) is 5.56 Å². The van der Waals surface area contributed by atoms with Crippen LogP contribution >= 0.6 is 23.2 Å². The Morgan fingerprint density at radius 2 is 1.70 bits per heavy atom. The molecule has 0 fully saturated rings. The fraction of sp³-hybridized carbons (Fsp3) is 0.0625. The van der Waals surface area contributed by atoms with Crippen molar-refractivity contribution in [3.05, 3.63) is 70.3 Å². The Bertz CT molecular complexity index is 731. The zero-order valence-electron chi connectivity index (χ0n) is 10.6. The van der Waals surface area contributed by atoms with Gasteiger partial charge in [0.25, 0.3) is 0 Å². The van der Waals surface area contributed by atoms with Crippen molar-refractivity contribution in [3.8, 4) is 0 Å². The van der Waals surface area contributed by atoms with Crippen molar-refractivity contribution >= 4 is 39.8 Å². The molecule has 0 spiro atoms. The van der Waals surface area contributed by atoms with Crippen molar-refractivity contribution in [3.63, 3.8) is 0 Å². The second-order valence-corrected chi connectivity index (χ2v) is 5.37. The molecule has 4 heteroatoms. The smallest absolute Gasteiger partial charge is 0.0705 e. The first-order chi connectivity index (χ1) is 9.72. The van der Waals surface area contributed by atoms with Gasteiger partial charge in [-0.15, -0.1) is 0 Å². The lowest BCUT2D eigenvalue weighted by molar-refractivity contribution is 1.16. The van der Waals surface area contributed by atoms with Crippen LogP contribution in [0.15, 0.2) is 54.7 Å². The summed E-state index contributed by atoms with van der Waals surface area (Å²) in [5, 5.41) is 5.74. The molecular weight excluding hydrogens is 291 g/mol. The van der Waals surface area contributed by atoms with E-state index in [0.29, 0.717) is 16.6 Å². The van der Waals surface area contributed by atoms with Crippen LogP contribution in [-0.4, -0.2) is 4.98 Å². The number of hydrogen-bond donors (Lipinski definition) is 1. The number of para-hydroxylation sites is 1. The first-order valence-electron chi connectivity index (χ1n) is 6.25. The summed E-state index contributed by atoms with van der Waals surface area (Å²) in [5.41, 5.74) is 3.09. The van der Waals surface area contributed by atoms with E-state index < -0.39 is 0 Å². The Morgan fingerprint density at radius 1 is 0.950 bits per heavy atom. The molecule has 20 heavy (non-hydrogen) atoms. The molecule has 100 valence electrons. The minimum atomic E-state index is 0.625. The van der Waals surface area contributed by atoms with Gasteiger partial charge in [-0.2, -0.15) is 0 Å². The van der Waals surface area contributed by atoms with Crippen LogP contribution in [0.25, 0.3) is 10.9 Å². The summed E-state index contributed by atoms with van der Waals surface area (Å²) in [7, 11) is 0. The monoisotopic (exact) mass is 302 g/mol. The second-order valence-electron chi connectivity index (χ2n) is 4.50. The highest BCUT2D eigenvalue weighted by atomic mass is 35.5. The maximum absolute atomic E-state index is 5.99. The van der Waals surface area contributed by atoms with Crippen LogP contribution < -0.4 is 5.32 Å². The number of fused-ring (bicyclic) bond motifs is 1. The van der Waals surface area contributed by atoms with Crippen LogP contribution in [-0.2, 0) is 6.54 Å². The van der Waals surface area contributed by atoms with E-state index in [1.807, 2.05) is 42.6 Å². The normalized spacial score (nSPS) is 10.7. The van der Waals surface area contributed by atoms with E-state index in [-0.39, 0.29) is 0 Å². The van der Waals surface area contributed by atoms with Gasteiger partial charge in [-0.05, 0) is 35.9 Å². The second kappa shape index (κ2) is 5.70. The summed E-state index contributed by atoms with van der Waals surface area (Å²) in [6.07, 6.45) is 1.82. The third-order valence-corrected chi connectivity index (χ3v) is 3.52. The Kier molecular flexibility index (Phi) is 3.77. The van der Waals surface area contributed by atoms with Gasteiger partial charge in [0.05, 0.1) is 5.52 Å². The van der Waals surface area contributed by atoms with Crippen LogP contribution in [0.2, 0.25) is 10.0 Å². The van der Waals surface area contributed by atoms with Gasteiger partial charge in [-0.25, -0.2) is 0 Å². The molecular formula is C16H12Cl2N2. The van der Waals surface area contributed by atoms with E-state index in [4.69, 9.17) is 23.2 Å². The molecule has 0 bridgehead atoms. The first kappa shape index (κ1) is 13.2. The van der Waals surface area contributed by atoms with Crippen LogP contribution in [0.5, 0.6) is 0 Å². The van der Waals surface area contributed by atoms with Crippen molar-refractivity contribution in [2.75, 3.05) is 5.32 Å². The number of nitrogens with zero attached hydrogens (tertiary/aromatic N) is 1. The Morgan fingerprint density at radius 3 is 2.50 bits per heavy atom. The zero-order valence-corrected chi connectivity index (χ0v) is 12.1. The molecule has 0 saturated heterocycles. The van der Waals surface area contributed by atoms with Crippen LogP contribution in [0.3, 0.4) is 0 Å². The van der Waals surface area contributed by atoms with Crippen molar-refractivity contribution < 1.29 is 0 Å². The van der Waals surface area contributed by atoms with E-state index in [1.54, 1.807) is 6.07 Å². The summed E-state index contributed by atoms with van der Waals surface area (Å²) in [5.74, 6) is 0. The largest absolute Gasteiger partial charge is 0.381 e. The molecule has 1 N–H and O–H groups in total. The van der Waals surface area contributed by atoms with Gasteiger partial charge < -0.3 is 5.32 Å². The first-order valence-corrected chi connectivity index (χ1v) is 7.00. The Hall–Kier alpha value is -1.77. The molecule has 0 aliphatic rings. The molecule has 2 nitrogen and oxygen atoms in total. The third-order valence-electron chi connectivity index (χ3n) is 3.08. The molecule has 0 aliphatic carbocycles. The molecule has 0 aliphatic heterocycles. The highest BCUT2D eigenvalue weighted by Crippen LogP contribution is 2.24. The van der Waals surface area contributed by atoms with Gasteiger partial charge >= 0.3 is 0 Å². The van der Waals surface area contributed by atoms with Gasteiger partial charge in [0, 0.05) is 33.9 Å². The van der Waals surface area contributed by atoms with Crippen molar-refractivity contribution in [1.82, 2.24) is 4.98 Å². The van der Waals surface area contributed by atoms with Gasteiger partial charge in [0.2, 0.25) is 0 Å². The molecule has 2 aromatic carbocycles. The summed E-state index contributed by atoms with van der Waals surface area (Å²) in [6.45, 7) is 0.694. The number of pyridine rings is 1. The third kappa shape index (κ3) is 2.87. The molecule has 0 unspecified atom stereocenters. The molecule has 0 saturated carbocycles. The minimum absolute atomic E-state index is 0.625. The number of benzene rings is 2. The van der Waals surface area contributed by atoms with Crippen LogP contribution in [0.4, 0.5) is 5.69 Å². The molecule has 0 atom stereocenters. The summed E-state index contributed by atoms with van der Waals surface area (Å²) < 4.78 is 0. The number of halogens is 2.